The van der Waals surface area contributed by atoms with E-state index < -0.39 is 0 Å². The summed E-state index contributed by atoms with van der Waals surface area (Å²) in [4.78, 5) is 25.2. The largest absolute Gasteiger partial charge is 0.336 e. The monoisotopic (exact) mass is 361 g/mol. The van der Waals surface area contributed by atoms with Gasteiger partial charge in [-0.05, 0) is 48.4 Å². The van der Waals surface area contributed by atoms with Crippen LogP contribution in [0.25, 0.3) is 5.69 Å². The first-order valence-corrected chi connectivity index (χ1v) is 9.28. The fourth-order valence-electron chi connectivity index (χ4n) is 3.38. The highest BCUT2D eigenvalue weighted by Gasteiger charge is 2.21. The molecule has 0 radical (unpaired) electrons. The lowest BCUT2D eigenvalue weighted by atomic mass is 10.1. The zero-order chi connectivity index (χ0) is 18.5. The van der Waals surface area contributed by atoms with Crippen molar-refractivity contribution in [3.05, 3.63) is 78.6 Å². The van der Waals surface area contributed by atoms with E-state index in [0.717, 1.165) is 50.4 Å². The number of aromatic nitrogens is 3. The number of amides is 1. The van der Waals surface area contributed by atoms with Crippen molar-refractivity contribution in [3.63, 3.8) is 0 Å². The van der Waals surface area contributed by atoms with E-state index in [0.29, 0.717) is 0 Å². The van der Waals surface area contributed by atoms with Crippen molar-refractivity contribution < 1.29 is 4.79 Å². The molecule has 1 aromatic carbocycles. The van der Waals surface area contributed by atoms with Crippen LogP contribution in [0.2, 0.25) is 0 Å². The van der Waals surface area contributed by atoms with Crippen LogP contribution in [0.4, 0.5) is 0 Å². The third-order valence-electron chi connectivity index (χ3n) is 5.04. The molecule has 2 aromatic heterocycles. The summed E-state index contributed by atoms with van der Waals surface area (Å²) in [5.41, 5.74) is 3.05. The molecule has 1 saturated heterocycles. The van der Waals surface area contributed by atoms with E-state index in [9.17, 15) is 4.79 Å². The van der Waals surface area contributed by atoms with E-state index in [1.165, 1.54) is 5.56 Å². The molecule has 27 heavy (non-hydrogen) atoms. The van der Waals surface area contributed by atoms with Crippen molar-refractivity contribution in [3.8, 4) is 5.69 Å². The molecule has 0 spiro atoms. The number of hydrogen-bond acceptors (Lipinski definition) is 4. The molecule has 0 unspecified atom stereocenters. The molecular formula is C21H23N5O. The van der Waals surface area contributed by atoms with Crippen molar-refractivity contribution in [1.29, 1.82) is 0 Å². The average molecular weight is 361 g/mol. The number of imidazole rings is 1. The van der Waals surface area contributed by atoms with E-state index in [1.807, 2.05) is 52.3 Å². The molecule has 0 N–H and O–H groups in total. The van der Waals surface area contributed by atoms with E-state index in [4.69, 9.17) is 0 Å². The lowest BCUT2D eigenvalue weighted by molar-refractivity contribution is 0.0638. The molecule has 0 aliphatic carbocycles. The van der Waals surface area contributed by atoms with Crippen molar-refractivity contribution in [1.82, 2.24) is 24.3 Å². The maximum Gasteiger partial charge on any atom is 0.253 e. The molecule has 1 fully saturated rings. The van der Waals surface area contributed by atoms with Crippen LogP contribution in [0.3, 0.4) is 0 Å². The van der Waals surface area contributed by atoms with Crippen molar-refractivity contribution in [2.45, 2.75) is 6.42 Å². The molecule has 6 heteroatoms. The lowest BCUT2D eigenvalue weighted by Crippen LogP contribution is -2.49. The van der Waals surface area contributed by atoms with Crippen LogP contribution in [0.1, 0.15) is 15.9 Å². The van der Waals surface area contributed by atoms with Gasteiger partial charge >= 0.3 is 0 Å². The minimum Gasteiger partial charge on any atom is -0.336 e. The molecule has 1 aliphatic heterocycles. The van der Waals surface area contributed by atoms with Gasteiger partial charge < -0.3 is 9.47 Å². The smallest absolute Gasteiger partial charge is 0.253 e. The summed E-state index contributed by atoms with van der Waals surface area (Å²) in [6.45, 7) is 4.41. The first-order valence-electron chi connectivity index (χ1n) is 9.28. The summed E-state index contributed by atoms with van der Waals surface area (Å²) in [7, 11) is 0. The summed E-state index contributed by atoms with van der Waals surface area (Å²) in [6, 6.07) is 11.8. The molecule has 0 atom stereocenters. The highest BCUT2D eigenvalue weighted by atomic mass is 16.2. The number of benzene rings is 1. The SMILES string of the molecule is O=C(c1ccc(-n2ccnc2)cc1)N1CCN(CCc2ccncc2)CC1. The zero-order valence-corrected chi connectivity index (χ0v) is 15.2. The fourth-order valence-corrected chi connectivity index (χ4v) is 3.38. The Morgan fingerprint density at radius 2 is 1.63 bits per heavy atom. The molecule has 3 aromatic rings. The third-order valence-corrected chi connectivity index (χ3v) is 5.04. The van der Waals surface area contributed by atoms with Gasteiger partial charge in [-0.2, -0.15) is 0 Å². The minimum atomic E-state index is 0.112. The molecule has 3 heterocycles. The molecule has 4 rings (SSSR count). The van der Waals surface area contributed by atoms with Crippen LogP contribution < -0.4 is 0 Å². The van der Waals surface area contributed by atoms with Gasteiger partial charge in [0.15, 0.2) is 0 Å². The third kappa shape index (κ3) is 4.23. The van der Waals surface area contributed by atoms with Gasteiger partial charge in [-0.25, -0.2) is 4.98 Å². The highest BCUT2D eigenvalue weighted by Crippen LogP contribution is 2.13. The molecule has 1 amide bonds. The Morgan fingerprint density at radius 3 is 2.30 bits per heavy atom. The first kappa shape index (κ1) is 17.4. The maximum absolute atomic E-state index is 12.8. The molecule has 1 aliphatic rings. The van der Waals surface area contributed by atoms with Gasteiger partial charge in [-0.1, -0.05) is 0 Å². The predicted octanol–water partition coefficient (Wildman–Crippen LogP) is 2.27. The molecule has 138 valence electrons. The number of carbonyl (C=O) groups is 1. The van der Waals surface area contributed by atoms with Gasteiger partial charge in [0.2, 0.25) is 0 Å². The molecule has 0 saturated carbocycles. The molecular weight excluding hydrogens is 338 g/mol. The van der Waals surface area contributed by atoms with Crippen LogP contribution in [-0.4, -0.2) is 63.0 Å². The summed E-state index contributed by atoms with van der Waals surface area (Å²) in [6.07, 6.45) is 10.1. The fraction of sp³-hybridized carbons (Fsp3) is 0.286. The number of carbonyl (C=O) groups excluding carboxylic acids is 1. The highest BCUT2D eigenvalue weighted by molar-refractivity contribution is 5.94. The van der Waals surface area contributed by atoms with Gasteiger partial charge in [-0.15, -0.1) is 0 Å². The van der Waals surface area contributed by atoms with Crippen LogP contribution in [0, 0.1) is 0 Å². The van der Waals surface area contributed by atoms with Gasteiger partial charge in [0.1, 0.15) is 0 Å². The quantitative estimate of drug-likeness (QED) is 0.700. The predicted molar refractivity (Wildman–Crippen MR) is 104 cm³/mol. The van der Waals surface area contributed by atoms with Gasteiger partial charge in [-0.3, -0.25) is 14.7 Å². The van der Waals surface area contributed by atoms with E-state index in [-0.39, 0.29) is 5.91 Å². The molecule has 6 nitrogen and oxygen atoms in total. The Balaban J connectivity index is 1.29. The van der Waals surface area contributed by atoms with E-state index in [1.54, 1.807) is 12.5 Å². The Bertz CT molecular complexity index is 853. The van der Waals surface area contributed by atoms with Crippen LogP contribution in [0.15, 0.2) is 67.5 Å². The standard InChI is InChI=1S/C21H23N5O/c27-21(19-1-3-20(4-2-19)26-12-10-23-17-26)25-15-13-24(14-16-25)11-7-18-5-8-22-9-6-18/h1-6,8-10,12,17H,7,11,13-16H2. The zero-order valence-electron chi connectivity index (χ0n) is 15.2. The van der Waals surface area contributed by atoms with Crippen LogP contribution in [0.5, 0.6) is 0 Å². The summed E-state index contributed by atoms with van der Waals surface area (Å²) < 4.78 is 1.93. The Labute approximate surface area is 159 Å². The molecule has 0 bridgehead atoms. The average Bonchev–Trinajstić information content (AvgIpc) is 3.28. The second-order valence-corrected chi connectivity index (χ2v) is 6.76. The minimum absolute atomic E-state index is 0.112. The first-order chi connectivity index (χ1) is 13.3. The Kier molecular flexibility index (Phi) is 5.25. The van der Waals surface area contributed by atoms with E-state index >= 15 is 0 Å². The topological polar surface area (TPSA) is 54.3 Å². The van der Waals surface area contributed by atoms with Gasteiger partial charge in [0.25, 0.3) is 5.91 Å². The van der Waals surface area contributed by atoms with E-state index in [2.05, 4.69) is 27.0 Å². The summed E-state index contributed by atoms with van der Waals surface area (Å²) >= 11 is 0. The Morgan fingerprint density at radius 1 is 0.889 bits per heavy atom. The van der Waals surface area contributed by atoms with Crippen molar-refractivity contribution >= 4 is 5.91 Å². The second-order valence-electron chi connectivity index (χ2n) is 6.76. The van der Waals surface area contributed by atoms with Crippen LogP contribution >= 0.6 is 0 Å². The number of piperazine rings is 1. The summed E-state index contributed by atoms with van der Waals surface area (Å²) in [5, 5.41) is 0. The Hall–Kier alpha value is -2.99. The second kappa shape index (κ2) is 8.14. The van der Waals surface area contributed by atoms with Crippen molar-refractivity contribution in [2.75, 3.05) is 32.7 Å². The summed E-state index contributed by atoms with van der Waals surface area (Å²) in [5.74, 6) is 0.112. The normalized spacial score (nSPS) is 15.0. The van der Waals surface area contributed by atoms with Crippen molar-refractivity contribution in [2.24, 2.45) is 0 Å². The number of pyridine rings is 1. The van der Waals surface area contributed by atoms with Gasteiger partial charge in [0.05, 0.1) is 6.33 Å². The van der Waals surface area contributed by atoms with Gasteiger partial charge in [0, 0.05) is 68.8 Å². The number of nitrogens with zero attached hydrogens (tertiary/aromatic N) is 5. The van der Waals surface area contributed by atoms with Crippen LogP contribution in [-0.2, 0) is 6.42 Å². The lowest BCUT2D eigenvalue weighted by Gasteiger charge is -2.34. The maximum atomic E-state index is 12.8. The number of rotatable bonds is 5. The number of hydrogen-bond donors (Lipinski definition) is 0.